The Morgan fingerprint density at radius 3 is 2.83 bits per heavy atom. The van der Waals surface area contributed by atoms with Gasteiger partial charge in [0.2, 0.25) is 0 Å². The minimum Gasteiger partial charge on any atom is -0.385 e. The van der Waals surface area contributed by atoms with Gasteiger partial charge in [0, 0.05) is 26.4 Å². The molecule has 2 rings (SSSR count). The van der Waals surface area contributed by atoms with E-state index in [2.05, 4.69) is 12.2 Å². The first-order valence-electron chi connectivity index (χ1n) is 7.66. The van der Waals surface area contributed by atoms with E-state index < -0.39 is 0 Å². The Labute approximate surface area is 112 Å². The SMILES string of the molecule is CCNC(CCOC)C1CCOC2(CCCC2)C1. The Kier molecular flexibility index (Phi) is 5.46. The Morgan fingerprint density at radius 2 is 2.17 bits per heavy atom. The van der Waals surface area contributed by atoms with Crippen molar-refractivity contribution in [3.63, 3.8) is 0 Å². The molecule has 0 aromatic heterocycles. The second kappa shape index (κ2) is 6.88. The molecule has 2 atom stereocenters. The van der Waals surface area contributed by atoms with E-state index in [4.69, 9.17) is 9.47 Å². The molecule has 1 heterocycles. The van der Waals surface area contributed by atoms with Gasteiger partial charge in [-0.1, -0.05) is 19.8 Å². The summed E-state index contributed by atoms with van der Waals surface area (Å²) in [6.07, 6.45) is 8.88. The first-order valence-corrected chi connectivity index (χ1v) is 7.66. The molecule has 2 unspecified atom stereocenters. The second-order valence-electron chi connectivity index (χ2n) is 5.94. The molecule has 0 amide bonds. The van der Waals surface area contributed by atoms with Crippen molar-refractivity contribution < 1.29 is 9.47 Å². The lowest BCUT2D eigenvalue weighted by atomic mass is 9.79. The summed E-state index contributed by atoms with van der Waals surface area (Å²) in [6.45, 7) is 5.07. The van der Waals surface area contributed by atoms with Crippen LogP contribution in [0.1, 0.15) is 51.9 Å². The molecule has 0 radical (unpaired) electrons. The highest BCUT2D eigenvalue weighted by Crippen LogP contribution is 2.43. The number of hydrogen-bond acceptors (Lipinski definition) is 3. The zero-order chi connectivity index (χ0) is 12.8. The van der Waals surface area contributed by atoms with Crippen molar-refractivity contribution in [3.8, 4) is 0 Å². The topological polar surface area (TPSA) is 30.5 Å². The first kappa shape index (κ1) is 14.3. The van der Waals surface area contributed by atoms with Gasteiger partial charge in [-0.2, -0.15) is 0 Å². The summed E-state index contributed by atoms with van der Waals surface area (Å²) < 4.78 is 11.4. The summed E-state index contributed by atoms with van der Waals surface area (Å²) >= 11 is 0. The van der Waals surface area contributed by atoms with E-state index >= 15 is 0 Å². The molecule has 1 saturated heterocycles. The molecule has 0 bridgehead atoms. The summed E-state index contributed by atoms with van der Waals surface area (Å²) in [5, 5.41) is 3.66. The molecular weight excluding hydrogens is 226 g/mol. The van der Waals surface area contributed by atoms with Gasteiger partial charge in [0.15, 0.2) is 0 Å². The van der Waals surface area contributed by atoms with Crippen LogP contribution < -0.4 is 5.32 Å². The van der Waals surface area contributed by atoms with Gasteiger partial charge in [-0.15, -0.1) is 0 Å². The van der Waals surface area contributed by atoms with Crippen LogP contribution >= 0.6 is 0 Å². The third-order valence-electron chi connectivity index (χ3n) is 4.71. The number of methoxy groups -OCH3 is 1. The largest absolute Gasteiger partial charge is 0.385 e. The molecule has 1 saturated carbocycles. The summed E-state index contributed by atoms with van der Waals surface area (Å²) in [5.74, 6) is 0.770. The van der Waals surface area contributed by atoms with Crippen LogP contribution in [-0.4, -0.2) is 38.5 Å². The molecular formula is C15H29NO2. The van der Waals surface area contributed by atoms with Gasteiger partial charge < -0.3 is 14.8 Å². The van der Waals surface area contributed by atoms with Gasteiger partial charge in [-0.05, 0) is 44.6 Å². The van der Waals surface area contributed by atoms with Crippen molar-refractivity contribution in [3.05, 3.63) is 0 Å². The molecule has 18 heavy (non-hydrogen) atoms. The predicted octanol–water partition coefficient (Wildman–Crippen LogP) is 2.74. The van der Waals surface area contributed by atoms with Gasteiger partial charge in [-0.25, -0.2) is 0 Å². The van der Waals surface area contributed by atoms with Crippen LogP contribution in [0.5, 0.6) is 0 Å². The van der Waals surface area contributed by atoms with E-state index in [0.717, 1.165) is 32.1 Å². The van der Waals surface area contributed by atoms with E-state index in [9.17, 15) is 0 Å². The van der Waals surface area contributed by atoms with Crippen LogP contribution in [0, 0.1) is 5.92 Å². The first-order chi connectivity index (χ1) is 8.79. The summed E-state index contributed by atoms with van der Waals surface area (Å²) in [5.41, 5.74) is 0.240. The van der Waals surface area contributed by atoms with E-state index in [0.29, 0.717) is 6.04 Å². The lowest BCUT2D eigenvalue weighted by Gasteiger charge is -2.41. The maximum atomic E-state index is 6.13. The quantitative estimate of drug-likeness (QED) is 0.791. The number of hydrogen-bond donors (Lipinski definition) is 1. The Bertz CT molecular complexity index is 239. The average molecular weight is 255 g/mol. The number of rotatable bonds is 6. The van der Waals surface area contributed by atoms with Crippen molar-refractivity contribution in [2.45, 2.75) is 63.5 Å². The van der Waals surface area contributed by atoms with Crippen LogP contribution in [0.3, 0.4) is 0 Å². The smallest absolute Gasteiger partial charge is 0.0685 e. The van der Waals surface area contributed by atoms with E-state index in [1.807, 2.05) is 0 Å². The predicted molar refractivity (Wildman–Crippen MR) is 73.8 cm³/mol. The van der Waals surface area contributed by atoms with Crippen LogP contribution in [-0.2, 0) is 9.47 Å². The maximum absolute atomic E-state index is 6.13. The standard InChI is InChI=1S/C15H29NO2/c1-3-16-14(7-10-17-2)13-6-11-18-15(12-13)8-4-5-9-15/h13-14,16H,3-12H2,1-2H3. The van der Waals surface area contributed by atoms with Crippen LogP contribution in [0.25, 0.3) is 0 Å². The molecule has 1 N–H and O–H groups in total. The third-order valence-corrected chi connectivity index (χ3v) is 4.71. The monoisotopic (exact) mass is 255 g/mol. The summed E-state index contributed by atoms with van der Waals surface area (Å²) in [7, 11) is 1.80. The minimum atomic E-state index is 0.240. The minimum absolute atomic E-state index is 0.240. The fraction of sp³-hybridized carbons (Fsp3) is 1.00. The van der Waals surface area contributed by atoms with Crippen molar-refractivity contribution in [2.24, 2.45) is 5.92 Å². The molecule has 1 spiro atoms. The molecule has 1 aliphatic carbocycles. The highest BCUT2D eigenvalue weighted by Gasteiger charge is 2.41. The van der Waals surface area contributed by atoms with Crippen LogP contribution in [0.15, 0.2) is 0 Å². The normalized spacial score (nSPS) is 28.7. The average Bonchev–Trinajstić information content (AvgIpc) is 2.82. The maximum Gasteiger partial charge on any atom is 0.0685 e. The molecule has 3 heteroatoms. The molecule has 0 aromatic rings. The van der Waals surface area contributed by atoms with Crippen molar-refractivity contribution in [1.82, 2.24) is 5.32 Å². The Balaban J connectivity index is 1.91. The van der Waals surface area contributed by atoms with Gasteiger partial charge in [0.25, 0.3) is 0 Å². The molecule has 106 valence electrons. The van der Waals surface area contributed by atoms with Crippen LogP contribution in [0.2, 0.25) is 0 Å². The Hall–Kier alpha value is -0.120. The second-order valence-corrected chi connectivity index (χ2v) is 5.94. The Morgan fingerprint density at radius 1 is 1.39 bits per heavy atom. The molecule has 3 nitrogen and oxygen atoms in total. The van der Waals surface area contributed by atoms with Crippen LogP contribution in [0.4, 0.5) is 0 Å². The zero-order valence-corrected chi connectivity index (χ0v) is 12.0. The summed E-state index contributed by atoms with van der Waals surface area (Å²) in [4.78, 5) is 0. The zero-order valence-electron chi connectivity index (χ0n) is 12.0. The molecule has 2 fully saturated rings. The fourth-order valence-corrected chi connectivity index (χ4v) is 3.79. The van der Waals surface area contributed by atoms with E-state index in [1.54, 1.807) is 7.11 Å². The van der Waals surface area contributed by atoms with E-state index in [1.165, 1.54) is 38.5 Å². The van der Waals surface area contributed by atoms with Crippen molar-refractivity contribution in [2.75, 3.05) is 26.9 Å². The highest BCUT2D eigenvalue weighted by atomic mass is 16.5. The molecule has 1 aliphatic heterocycles. The third kappa shape index (κ3) is 3.46. The van der Waals surface area contributed by atoms with Gasteiger partial charge in [0.05, 0.1) is 5.60 Å². The van der Waals surface area contributed by atoms with Crippen molar-refractivity contribution >= 4 is 0 Å². The number of ether oxygens (including phenoxy) is 2. The van der Waals surface area contributed by atoms with Gasteiger partial charge >= 0.3 is 0 Å². The highest BCUT2D eigenvalue weighted by molar-refractivity contribution is 4.94. The van der Waals surface area contributed by atoms with E-state index in [-0.39, 0.29) is 5.60 Å². The molecule has 0 aromatic carbocycles. The van der Waals surface area contributed by atoms with Gasteiger partial charge in [0.1, 0.15) is 0 Å². The number of nitrogens with one attached hydrogen (secondary N) is 1. The van der Waals surface area contributed by atoms with Crippen molar-refractivity contribution in [1.29, 1.82) is 0 Å². The van der Waals surface area contributed by atoms with Gasteiger partial charge in [-0.3, -0.25) is 0 Å². The lowest BCUT2D eigenvalue weighted by molar-refractivity contribution is -0.0988. The lowest BCUT2D eigenvalue weighted by Crippen LogP contribution is -2.46. The summed E-state index contributed by atoms with van der Waals surface area (Å²) in [6, 6.07) is 0.608. The fourth-order valence-electron chi connectivity index (χ4n) is 3.79. The molecule has 2 aliphatic rings.